The van der Waals surface area contributed by atoms with E-state index < -0.39 is 12.1 Å². The van der Waals surface area contributed by atoms with E-state index in [9.17, 15) is 13.2 Å². The van der Waals surface area contributed by atoms with E-state index in [-0.39, 0.29) is 11.5 Å². The number of carboxylic acids is 1. The Morgan fingerprint density at radius 2 is 1.92 bits per heavy atom. The van der Waals surface area contributed by atoms with Crippen molar-refractivity contribution in [3.05, 3.63) is 41.4 Å². The van der Waals surface area contributed by atoms with Crippen LogP contribution in [0, 0.1) is 5.41 Å². The van der Waals surface area contributed by atoms with E-state index in [2.05, 4.69) is 34.6 Å². The molecule has 0 aliphatic carbocycles. The monoisotopic (exact) mass is 582 g/mol. The normalized spacial score (nSPS) is 18.2. The minimum Gasteiger partial charge on any atom is -0.475 e. The van der Waals surface area contributed by atoms with E-state index >= 15 is 0 Å². The predicted octanol–water partition coefficient (Wildman–Crippen LogP) is 3.26. The first-order valence-corrected chi connectivity index (χ1v) is 12.8. The highest BCUT2D eigenvalue weighted by molar-refractivity contribution is 7.99. The molecule has 1 spiro atoms. The zero-order chi connectivity index (χ0) is 27.9. The van der Waals surface area contributed by atoms with Crippen LogP contribution in [0.15, 0.2) is 40.6 Å². The summed E-state index contributed by atoms with van der Waals surface area (Å²) in [5.41, 5.74) is 14.8. The molecule has 2 aliphatic rings. The van der Waals surface area contributed by atoms with Crippen molar-refractivity contribution in [1.29, 1.82) is 0 Å². The van der Waals surface area contributed by atoms with E-state index in [4.69, 9.17) is 38.0 Å². The fourth-order valence-corrected chi connectivity index (χ4v) is 5.69. The fourth-order valence-electron chi connectivity index (χ4n) is 4.68. The number of pyridine rings is 1. The lowest BCUT2D eigenvalue weighted by molar-refractivity contribution is -0.192. The molecule has 1 fully saturated rings. The van der Waals surface area contributed by atoms with Gasteiger partial charge in [-0.25, -0.2) is 19.7 Å². The second-order valence-corrected chi connectivity index (χ2v) is 10.5. The molecule has 4 aromatic heterocycles. The summed E-state index contributed by atoms with van der Waals surface area (Å²) >= 11 is 7.63. The molecule has 39 heavy (non-hydrogen) atoms. The van der Waals surface area contributed by atoms with Crippen molar-refractivity contribution < 1.29 is 23.1 Å². The fraction of sp³-hybridized carbons (Fsp3) is 0.364. The zero-order valence-electron chi connectivity index (χ0n) is 20.1. The van der Waals surface area contributed by atoms with Gasteiger partial charge < -0.3 is 26.5 Å². The van der Waals surface area contributed by atoms with Crippen LogP contribution in [0.3, 0.4) is 0 Å². The average Bonchev–Trinajstić information content (AvgIpc) is 3.58. The number of nitrogens with one attached hydrogen (secondary N) is 1. The summed E-state index contributed by atoms with van der Waals surface area (Å²) < 4.78 is 33.8. The van der Waals surface area contributed by atoms with Crippen LogP contribution < -0.4 is 16.4 Å². The summed E-state index contributed by atoms with van der Waals surface area (Å²) in [6, 6.07) is 3.86. The van der Waals surface area contributed by atoms with Gasteiger partial charge in [-0.3, -0.25) is 4.68 Å². The van der Waals surface area contributed by atoms with Crippen LogP contribution >= 0.6 is 23.4 Å². The maximum absolute atomic E-state index is 10.6. The second kappa shape index (κ2) is 10.2. The highest BCUT2D eigenvalue weighted by atomic mass is 35.5. The first kappa shape index (κ1) is 27.0. The average molecular weight is 583 g/mol. The summed E-state index contributed by atoms with van der Waals surface area (Å²) in [7, 11) is 0. The van der Waals surface area contributed by atoms with Crippen molar-refractivity contribution >= 4 is 52.4 Å². The van der Waals surface area contributed by atoms with Crippen molar-refractivity contribution in [3.8, 4) is 0 Å². The molecule has 2 aliphatic heterocycles. The maximum Gasteiger partial charge on any atom is 0.490 e. The number of H-pyrrole nitrogens is 1. The first-order chi connectivity index (χ1) is 18.5. The van der Waals surface area contributed by atoms with Gasteiger partial charge in [-0.05, 0) is 25.0 Å². The summed E-state index contributed by atoms with van der Waals surface area (Å²) in [5.74, 6) is -1.68. The van der Waals surface area contributed by atoms with Gasteiger partial charge in [0.25, 0.3) is 0 Å². The van der Waals surface area contributed by atoms with Crippen molar-refractivity contribution in [2.45, 2.75) is 41.5 Å². The predicted molar refractivity (Wildman–Crippen MR) is 136 cm³/mol. The van der Waals surface area contributed by atoms with Gasteiger partial charge in [-0.2, -0.15) is 23.3 Å². The van der Waals surface area contributed by atoms with Crippen molar-refractivity contribution in [2.24, 2.45) is 11.1 Å². The molecule has 0 aromatic carbocycles. The van der Waals surface area contributed by atoms with Crippen LogP contribution in [0.25, 0.3) is 11.3 Å². The number of piperidine rings is 1. The molecule has 0 radical (unpaired) electrons. The van der Waals surface area contributed by atoms with E-state index in [0.29, 0.717) is 27.2 Å². The summed E-state index contributed by atoms with van der Waals surface area (Å²) in [6.07, 6.45) is 2.04. The molecule has 0 bridgehead atoms. The third-order valence-electron chi connectivity index (χ3n) is 6.76. The molecule has 6 heterocycles. The van der Waals surface area contributed by atoms with Crippen molar-refractivity contribution in [1.82, 2.24) is 34.7 Å². The molecule has 4 aromatic rings. The van der Waals surface area contributed by atoms with Gasteiger partial charge in [0.1, 0.15) is 10.8 Å². The Labute approximate surface area is 228 Å². The Kier molecular flexibility index (Phi) is 7.02. The van der Waals surface area contributed by atoms with E-state index in [1.807, 2.05) is 12.3 Å². The Hall–Kier alpha value is -3.63. The molecule has 1 saturated heterocycles. The number of nitrogen functional groups attached to an aromatic ring is 1. The number of imidazole rings is 1. The number of rotatable bonds is 3. The topological polar surface area (TPSA) is 178 Å². The van der Waals surface area contributed by atoms with Crippen molar-refractivity contribution in [2.75, 3.05) is 23.7 Å². The molecule has 6 rings (SSSR count). The number of halogens is 4. The Bertz CT molecular complexity index is 1520. The number of aromatic amines is 1. The standard InChI is InChI=1S/C20H21ClN10S.C2HF3O2/c21-14-12(2-5-24-16(14)23)32-13-9-25-17-18(27-13)29-19(28-17)30-7-3-20(4-8-30)10-31-11(15(20)22)1-6-26-31;3-2(4,5)1(6)7/h1-2,5-6,9,15H,3-4,7-8,10,22H2,(H2,23,24)(H,25,27,28,29);(H,6,7)/t15-;/m1./s1. The molecule has 12 nitrogen and oxygen atoms in total. The number of carbonyl (C=O) groups is 1. The largest absolute Gasteiger partial charge is 0.490 e. The highest BCUT2D eigenvalue weighted by Crippen LogP contribution is 2.47. The quantitative estimate of drug-likeness (QED) is 0.278. The SMILES string of the molecule is Nc1nccc(Sc2cnc3[nH]c(N4CCC5(CC4)Cn4nccc4[C@H]5N)nc3n2)c1Cl.O=C(O)C(F)(F)F. The van der Waals surface area contributed by atoms with Gasteiger partial charge in [0.2, 0.25) is 5.95 Å². The zero-order valence-corrected chi connectivity index (χ0v) is 21.6. The number of hydrogen-bond acceptors (Lipinski definition) is 10. The summed E-state index contributed by atoms with van der Waals surface area (Å²) in [6.45, 7) is 2.62. The molecular formula is C22H22ClF3N10O2S. The van der Waals surface area contributed by atoms with E-state index in [0.717, 1.165) is 49.0 Å². The van der Waals surface area contributed by atoms with Crippen molar-refractivity contribution in [3.63, 3.8) is 0 Å². The minimum absolute atomic E-state index is 0.0276. The number of carboxylic acid groups (broad SMARTS) is 1. The Balaban J connectivity index is 0.000000392. The first-order valence-electron chi connectivity index (χ1n) is 11.6. The number of aliphatic carboxylic acids is 1. The van der Waals surface area contributed by atoms with Gasteiger partial charge >= 0.3 is 12.1 Å². The smallest absolute Gasteiger partial charge is 0.475 e. The number of aromatic nitrogens is 7. The number of anilines is 2. The van der Waals surface area contributed by atoms with Gasteiger partial charge in [-0.15, -0.1) is 0 Å². The number of fused-ring (bicyclic) bond motifs is 2. The lowest BCUT2D eigenvalue weighted by atomic mass is 9.74. The molecule has 206 valence electrons. The lowest BCUT2D eigenvalue weighted by Crippen LogP contribution is -2.45. The van der Waals surface area contributed by atoms with Crippen LogP contribution in [-0.2, 0) is 11.3 Å². The number of nitrogens with two attached hydrogens (primary N) is 2. The molecule has 0 saturated carbocycles. The molecule has 6 N–H and O–H groups in total. The number of alkyl halides is 3. The molecule has 0 unspecified atom stereocenters. The van der Waals surface area contributed by atoms with Crippen LogP contribution in [0.4, 0.5) is 24.9 Å². The summed E-state index contributed by atoms with van der Waals surface area (Å²) in [4.78, 5) is 33.1. The van der Waals surface area contributed by atoms with Crippen LogP contribution in [-0.4, -0.2) is 65.0 Å². The summed E-state index contributed by atoms with van der Waals surface area (Å²) in [5, 5.41) is 12.6. The Morgan fingerprint density at radius 3 is 2.59 bits per heavy atom. The van der Waals surface area contributed by atoms with Crippen LogP contribution in [0.5, 0.6) is 0 Å². The van der Waals surface area contributed by atoms with Gasteiger partial charge in [-0.1, -0.05) is 23.4 Å². The van der Waals surface area contributed by atoms with E-state index in [1.165, 1.54) is 11.8 Å². The number of nitrogens with zero attached hydrogens (tertiary/aromatic N) is 7. The third-order valence-corrected chi connectivity index (χ3v) is 8.24. The highest BCUT2D eigenvalue weighted by Gasteiger charge is 2.47. The van der Waals surface area contributed by atoms with Gasteiger partial charge in [0.15, 0.2) is 11.3 Å². The Morgan fingerprint density at radius 1 is 1.21 bits per heavy atom. The lowest BCUT2D eigenvalue weighted by Gasteiger charge is -2.41. The maximum atomic E-state index is 10.6. The molecule has 0 amide bonds. The number of hydrogen-bond donors (Lipinski definition) is 4. The molecule has 1 atom stereocenters. The van der Waals surface area contributed by atoms with Gasteiger partial charge in [0.05, 0.1) is 23.0 Å². The van der Waals surface area contributed by atoms with E-state index in [1.54, 1.807) is 18.5 Å². The molecule has 17 heteroatoms. The second-order valence-electron chi connectivity index (χ2n) is 9.09. The van der Waals surface area contributed by atoms with Gasteiger partial charge in [0, 0.05) is 42.3 Å². The third kappa shape index (κ3) is 5.31. The van der Waals surface area contributed by atoms with Crippen LogP contribution in [0.2, 0.25) is 5.02 Å². The minimum atomic E-state index is -5.08. The molecular weight excluding hydrogens is 561 g/mol. The van der Waals surface area contributed by atoms with Crippen LogP contribution in [0.1, 0.15) is 24.6 Å².